The van der Waals surface area contributed by atoms with E-state index in [4.69, 9.17) is 0 Å². The molecule has 1 rings (SSSR count). The number of nitrogens with one attached hydrogen (secondary N) is 1. The SMILES string of the molecule is C=CCNC(=O)c1ccc(C(=O)OC)cn1. The third-order valence-electron chi connectivity index (χ3n) is 1.82. The van der Waals surface area contributed by atoms with Crippen molar-refractivity contribution in [2.24, 2.45) is 0 Å². The second-order valence-corrected chi connectivity index (χ2v) is 2.92. The lowest BCUT2D eigenvalue weighted by Gasteiger charge is -2.02. The van der Waals surface area contributed by atoms with Crippen molar-refractivity contribution >= 4 is 11.9 Å². The molecule has 0 bridgehead atoms. The minimum absolute atomic E-state index is 0.245. The predicted octanol–water partition coefficient (Wildman–Crippen LogP) is 0.784. The fourth-order valence-electron chi connectivity index (χ4n) is 1.02. The summed E-state index contributed by atoms with van der Waals surface area (Å²) < 4.78 is 4.51. The van der Waals surface area contributed by atoms with E-state index in [1.54, 1.807) is 6.08 Å². The van der Waals surface area contributed by atoms with Crippen LogP contribution in [0.25, 0.3) is 0 Å². The molecule has 0 spiro atoms. The number of rotatable bonds is 4. The molecule has 84 valence electrons. The first kappa shape index (κ1) is 11.9. The molecular weight excluding hydrogens is 208 g/mol. The van der Waals surface area contributed by atoms with Crippen molar-refractivity contribution in [3.63, 3.8) is 0 Å². The monoisotopic (exact) mass is 220 g/mol. The van der Waals surface area contributed by atoms with E-state index in [9.17, 15) is 9.59 Å². The maximum Gasteiger partial charge on any atom is 0.339 e. The molecule has 1 amide bonds. The van der Waals surface area contributed by atoms with Crippen LogP contribution in [0, 0.1) is 0 Å². The molecule has 1 aromatic rings. The molecule has 1 heterocycles. The first-order chi connectivity index (χ1) is 7.69. The number of ether oxygens (including phenoxy) is 1. The molecule has 0 unspecified atom stereocenters. The van der Waals surface area contributed by atoms with E-state index in [0.29, 0.717) is 12.1 Å². The van der Waals surface area contributed by atoms with Gasteiger partial charge in [0.15, 0.2) is 0 Å². The Hall–Kier alpha value is -2.17. The molecule has 0 radical (unpaired) electrons. The summed E-state index contributed by atoms with van der Waals surface area (Å²) in [7, 11) is 1.28. The fraction of sp³-hybridized carbons (Fsp3) is 0.182. The number of esters is 1. The molecule has 5 heteroatoms. The van der Waals surface area contributed by atoms with Gasteiger partial charge >= 0.3 is 5.97 Å². The molecule has 0 aliphatic heterocycles. The van der Waals surface area contributed by atoms with Crippen LogP contribution in [0.5, 0.6) is 0 Å². The maximum absolute atomic E-state index is 11.4. The number of carbonyl (C=O) groups excluding carboxylic acids is 2. The largest absolute Gasteiger partial charge is 0.465 e. The summed E-state index contributed by atoms with van der Waals surface area (Å²) in [5.41, 5.74) is 0.553. The molecule has 0 aliphatic rings. The molecule has 0 fully saturated rings. The second-order valence-electron chi connectivity index (χ2n) is 2.92. The van der Waals surface area contributed by atoms with Gasteiger partial charge in [-0.25, -0.2) is 4.79 Å². The van der Waals surface area contributed by atoms with Gasteiger partial charge in [0.25, 0.3) is 5.91 Å². The maximum atomic E-state index is 11.4. The average Bonchev–Trinajstić information content (AvgIpc) is 2.35. The number of methoxy groups -OCH3 is 1. The summed E-state index contributed by atoms with van der Waals surface area (Å²) in [6.07, 6.45) is 2.87. The zero-order valence-corrected chi connectivity index (χ0v) is 8.90. The normalized spacial score (nSPS) is 9.31. The topological polar surface area (TPSA) is 68.3 Å². The van der Waals surface area contributed by atoms with Gasteiger partial charge in [-0.05, 0) is 12.1 Å². The number of hydrogen-bond donors (Lipinski definition) is 1. The standard InChI is InChI=1S/C11H12N2O3/c1-3-6-12-10(14)9-5-4-8(7-13-9)11(15)16-2/h3-5,7H,1,6H2,2H3,(H,12,14). The Labute approximate surface area is 93.1 Å². The lowest BCUT2D eigenvalue weighted by molar-refractivity contribution is 0.0599. The third-order valence-corrected chi connectivity index (χ3v) is 1.82. The highest BCUT2D eigenvalue weighted by atomic mass is 16.5. The lowest BCUT2D eigenvalue weighted by atomic mass is 10.2. The van der Waals surface area contributed by atoms with Crippen molar-refractivity contribution < 1.29 is 14.3 Å². The molecule has 1 aromatic heterocycles. The molecule has 1 N–H and O–H groups in total. The summed E-state index contributed by atoms with van der Waals surface area (Å²) in [6.45, 7) is 3.85. The highest BCUT2D eigenvalue weighted by Crippen LogP contribution is 2.01. The first-order valence-electron chi connectivity index (χ1n) is 4.62. The molecule has 0 saturated heterocycles. The Morgan fingerprint density at radius 1 is 1.56 bits per heavy atom. The Morgan fingerprint density at radius 2 is 2.31 bits per heavy atom. The van der Waals surface area contributed by atoms with E-state index in [-0.39, 0.29) is 11.6 Å². The van der Waals surface area contributed by atoms with Gasteiger partial charge in [-0.15, -0.1) is 6.58 Å². The molecule has 0 saturated carbocycles. The van der Waals surface area contributed by atoms with Crippen LogP contribution in [0.1, 0.15) is 20.8 Å². The number of carbonyl (C=O) groups is 2. The predicted molar refractivity (Wildman–Crippen MR) is 58.1 cm³/mol. The van der Waals surface area contributed by atoms with E-state index in [0.717, 1.165) is 0 Å². The summed E-state index contributed by atoms with van der Waals surface area (Å²) in [5.74, 6) is -0.790. The van der Waals surface area contributed by atoms with Crippen molar-refractivity contribution in [2.45, 2.75) is 0 Å². The van der Waals surface area contributed by atoms with Crippen LogP contribution in [0.4, 0.5) is 0 Å². The number of nitrogens with zero attached hydrogens (tertiary/aromatic N) is 1. The highest BCUT2D eigenvalue weighted by Gasteiger charge is 2.09. The summed E-state index contributed by atoms with van der Waals surface area (Å²) in [6, 6.07) is 2.95. The van der Waals surface area contributed by atoms with Gasteiger partial charge in [0.2, 0.25) is 0 Å². The van der Waals surface area contributed by atoms with Crippen molar-refractivity contribution in [3.05, 3.63) is 42.2 Å². The van der Waals surface area contributed by atoms with Crippen molar-refractivity contribution in [1.82, 2.24) is 10.3 Å². The Kier molecular flexibility index (Phi) is 4.20. The van der Waals surface area contributed by atoms with Crippen molar-refractivity contribution in [3.8, 4) is 0 Å². The first-order valence-corrected chi connectivity index (χ1v) is 4.62. The van der Waals surface area contributed by atoms with Crippen LogP contribution in [0.2, 0.25) is 0 Å². The van der Waals surface area contributed by atoms with Crippen molar-refractivity contribution in [2.75, 3.05) is 13.7 Å². The molecule has 0 atom stereocenters. The van der Waals surface area contributed by atoms with Gasteiger partial charge in [-0.1, -0.05) is 6.08 Å². The van der Waals surface area contributed by atoms with Crippen LogP contribution in [-0.4, -0.2) is 30.5 Å². The van der Waals surface area contributed by atoms with Gasteiger partial charge in [-0.3, -0.25) is 9.78 Å². The fourth-order valence-corrected chi connectivity index (χ4v) is 1.02. The smallest absolute Gasteiger partial charge is 0.339 e. The van der Waals surface area contributed by atoms with Crippen LogP contribution >= 0.6 is 0 Å². The number of amides is 1. The average molecular weight is 220 g/mol. The van der Waals surface area contributed by atoms with Gasteiger partial charge in [-0.2, -0.15) is 0 Å². The van der Waals surface area contributed by atoms with E-state index in [1.165, 1.54) is 25.4 Å². The van der Waals surface area contributed by atoms with E-state index < -0.39 is 5.97 Å². The molecular formula is C11H12N2O3. The highest BCUT2D eigenvalue weighted by molar-refractivity contribution is 5.94. The molecule has 5 nitrogen and oxygen atoms in total. The summed E-state index contributed by atoms with van der Waals surface area (Å²) >= 11 is 0. The van der Waals surface area contributed by atoms with Gasteiger partial charge < -0.3 is 10.1 Å². The van der Waals surface area contributed by atoms with Crippen LogP contribution in [0.3, 0.4) is 0 Å². The van der Waals surface area contributed by atoms with Crippen LogP contribution < -0.4 is 5.32 Å². The number of pyridine rings is 1. The van der Waals surface area contributed by atoms with Crippen LogP contribution in [-0.2, 0) is 4.74 Å². The summed E-state index contributed by atoms with van der Waals surface area (Å²) in [5, 5.41) is 2.58. The molecule has 0 aliphatic carbocycles. The van der Waals surface area contributed by atoms with E-state index in [2.05, 4.69) is 21.6 Å². The van der Waals surface area contributed by atoms with Crippen molar-refractivity contribution in [1.29, 1.82) is 0 Å². The second kappa shape index (κ2) is 5.65. The molecule has 16 heavy (non-hydrogen) atoms. The Bertz CT molecular complexity index is 398. The zero-order valence-electron chi connectivity index (χ0n) is 8.90. The van der Waals surface area contributed by atoms with Gasteiger partial charge in [0.1, 0.15) is 5.69 Å². The zero-order chi connectivity index (χ0) is 12.0. The minimum atomic E-state index is -0.481. The number of aromatic nitrogens is 1. The van der Waals surface area contributed by atoms with Gasteiger partial charge in [0.05, 0.1) is 12.7 Å². The Balaban J connectivity index is 2.74. The van der Waals surface area contributed by atoms with E-state index >= 15 is 0 Å². The third kappa shape index (κ3) is 2.91. The quantitative estimate of drug-likeness (QED) is 0.601. The minimum Gasteiger partial charge on any atom is -0.465 e. The summed E-state index contributed by atoms with van der Waals surface area (Å²) in [4.78, 5) is 26.4. The number of hydrogen-bond acceptors (Lipinski definition) is 4. The van der Waals surface area contributed by atoms with Crippen LogP contribution in [0.15, 0.2) is 31.0 Å². The molecule has 0 aromatic carbocycles. The lowest BCUT2D eigenvalue weighted by Crippen LogP contribution is -2.24. The Morgan fingerprint density at radius 3 is 2.81 bits per heavy atom. The van der Waals surface area contributed by atoms with Gasteiger partial charge in [0, 0.05) is 12.7 Å². The van der Waals surface area contributed by atoms with E-state index in [1.807, 2.05) is 0 Å².